The van der Waals surface area contributed by atoms with Crippen molar-refractivity contribution in [1.82, 2.24) is 19.7 Å². The van der Waals surface area contributed by atoms with Gasteiger partial charge in [-0.25, -0.2) is 9.78 Å². The Morgan fingerprint density at radius 1 is 1.50 bits per heavy atom. The van der Waals surface area contributed by atoms with Crippen LogP contribution in [0.25, 0.3) is 0 Å². The number of carbonyl (C=O) groups excluding carboxylic acids is 2. The molecule has 1 amide bonds. The van der Waals surface area contributed by atoms with Crippen molar-refractivity contribution in [2.24, 2.45) is 0 Å². The molecular weight excluding hydrogens is 328 g/mol. The average Bonchev–Trinajstić information content (AvgIpc) is 3.23. The van der Waals surface area contributed by atoms with Crippen LogP contribution in [0.15, 0.2) is 23.5 Å². The zero-order valence-corrected chi connectivity index (χ0v) is 14.2. The fourth-order valence-electron chi connectivity index (χ4n) is 2.78. The molecule has 0 saturated heterocycles. The van der Waals surface area contributed by atoms with Gasteiger partial charge in [-0.3, -0.25) is 9.48 Å². The summed E-state index contributed by atoms with van der Waals surface area (Å²) < 4.78 is 6.86. The first-order valence-electron chi connectivity index (χ1n) is 7.69. The van der Waals surface area contributed by atoms with Crippen LogP contribution in [0.1, 0.15) is 39.2 Å². The Balaban J connectivity index is 1.92. The number of ether oxygens (including phenoxy) is 1. The van der Waals surface area contributed by atoms with Gasteiger partial charge in [0.2, 0.25) is 0 Å². The number of carbonyl (C=O) groups is 2. The highest BCUT2D eigenvalue weighted by molar-refractivity contribution is 7.07. The minimum absolute atomic E-state index is 0.131. The molecule has 24 heavy (non-hydrogen) atoms. The molecule has 3 heterocycles. The standard InChI is InChI=1S/C16H18N4O3S/c1-3-6-20-13-5-7-19(15(21)12-9-24-10-17-12)8-11(13)14(18-20)16(22)23-4-2/h3,9-10H,1,4-8H2,2H3. The van der Waals surface area contributed by atoms with Gasteiger partial charge >= 0.3 is 5.97 Å². The number of nitrogens with zero attached hydrogens (tertiary/aromatic N) is 4. The number of aromatic nitrogens is 3. The van der Waals surface area contributed by atoms with Crippen molar-refractivity contribution in [2.75, 3.05) is 13.2 Å². The molecule has 8 heteroatoms. The summed E-state index contributed by atoms with van der Waals surface area (Å²) in [7, 11) is 0. The van der Waals surface area contributed by atoms with Crippen molar-refractivity contribution in [3.05, 3.63) is 46.2 Å². The molecule has 0 radical (unpaired) electrons. The molecule has 1 aliphatic heterocycles. The second-order valence-corrected chi connectivity index (χ2v) is 6.03. The maximum atomic E-state index is 12.5. The average molecular weight is 346 g/mol. The van der Waals surface area contributed by atoms with Crippen LogP contribution in [0, 0.1) is 0 Å². The molecule has 0 saturated carbocycles. The first-order valence-corrected chi connectivity index (χ1v) is 8.64. The molecule has 7 nitrogen and oxygen atoms in total. The van der Waals surface area contributed by atoms with Crippen LogP contribution < -0.4 is 0 Å². The molecule has 0 spiro atoms. The molecular formula is C16H18N4O3S. The minimum atomic E-state index is -0.459. The summed E-state index contributed by atoms with van der Waals surface area (Å²) in [5.74, 6) is -0.590. The smallest absolute Gasteiger partial charge is 0.359 e. The molecule has 3 rings (SSSR count). The Hall–Kier alpha value is -2.48. The van der Waals surface area contributed by atoms with E-state index < -0.39 is 5.97 Å². The molecule has 1 aliphatic rings. The highest BCUT2D eigenvalue weighted by Crippen LogP contribution is 2.25. The summed E-state index contributed by atoms with van der Waals surface area (Å²) in [6.45, 7) is 7.17. The number of rotatable bonds is 5. The SMILES string of the molecule is C=CCn1nc(C(=O)OCC)c2c1CCN(C(=O)c1cscn1)C2. The molecule has 0 fully saturated rings. The van der Waals surface area contributed by atoms with Crippen molar-refractivity contribution in [3.8, 4) is 0 Å². The van der Waals surface area contributed by atoms with Crippen molar-refractivity contribution in [1.29, 1.82) is 0 Å². The van der Waals surface area contributed by atoms with E-state index in [0.29, 0.717) is 31.7 Å². The third-order valence-electron chi connectivity index (χ3n) is 3.84. The van der Waals surface area contributed by atoms with Crippen LogP contribution in [0.4, 0.5) is 0 Å². The highest BCUT2D eigenvalue weighted by atomic mass is 32.1. The normalized spacial score (nSPS) is 13.5. The van der Waals surface area contributed by atoms with Gasteiger partial charge in [-0.2, -0.15) is 5.10 Å². The number of esters is 1. The van der Waals surface area contributed by atoms with Gasteiger partial charge in [0, 0.05) is 29.6 Å². The lowest BCUT2D eigenvalue weighted by atomic mass is 10.0. The van der Waals surface area contributed by atoms with E-state index in [0.717, 1.165) is 11.3 Å². The number of thiazole rings is 1. The number of fused-ring (bicyclic) bond motifs is 1. The molecule has 0 atom stereocenters. The molecule has 2 aromatic rings. The third kappa shape index (κ3) is 2.96. The number of allylic oxidation sites excluding steroid dienone is 1. The first kappa shape index (κ1) is 16.4. The van der Waals surface area contributed by atoms with Crippen molar-refractivity contribution < 1.29 is 14.3 Å². The predicted octanol–water partition coefficient (Wildman–Crippen LogP) is 1.90. The van der Waals surface area contributed by atoms with E-state index in [1.54, 1.807) is 33.5 Å². The quantitative estimate of drug-likeness (QED) is 0.610. The van der Waals surface area contributed by atoms with Crippen molar-refractivity contribution in [3.63, 3.8) is 0 Å². The Bertz CT molecular complexity index is 767. The summed E-state index contributed by atoms with van der Waals surface area (Å²) in [5, 5.41) is 6.10. The summed E-state index contributed by atoms with van der Waals surface area (Å²) in [5.41, 5.74) is 4.06. The summed E-state index contributed by atoms with van der Waals surface area (Å²) >= 11 is 1.38. The second-order valence-electron chi connectivity index (χ2n) is 5.32. The van der Waals surface area contributed by atoms with Crippen LogP contribution in [0.3, 0.4) is 0 Å². The summed E-state index contributed by atoms with van der Waals surface area (Å²) in [6, 6.07) is 0. The fraction of sp³-hybridized carbons (Fsp3) is 0.375. The second kappa shape index (κ2) is 6.96. The van der Waals surface area contributed by atoms with Gasteiger partial charge in [-0.1, -0.05) is 6.08 Å². The monoisotopic (exact) mass is 346 g/mol. The Labute approximate surface area is 143 Å². The fourth-order valence-corrected chi connectivity index (χ4v) is 3.31. The Kier molecular flexibility index (Phi) is 4.75. The van der Waals surface area contributed by atoms with Crippen LogP contribution in [0.2, 0.25) is 0 Å². The third-order valence-corrected chi connectivity index (χ3v) is 4.43. The molecule has 0 aromatic carbocycles. The maximum Gasteiger partial charge on any atom is 0.359 e. The van der Waals surface area contributed by atoms with Gasteiger partial charge < -0.3 is 9.64 Å². The van der Waals surface area contributed by atoms with E-state index in [2.05, 4.69) is 16.7 Å². The van der Waals surface area contributed by atoms with E-state index in [4.69, 9.17) is 4.74 Å². The molecule has 126 valence electrons. The molecule has 2 aromatic heterocycles. The van der Waals surface area contributed by atoms with Gasteiger partial charge in [-0.05, 0) is 6.92 Å². The van der Waals surface area contributed by atoms with Gasteiger partial charge in [0.15, 0.2) is 5.69 Å². The Morgan fingerprint density at radius 2 is 2.33 bits per heavy atom. The lowest BCUT2D eigenvalue weighted by Gasteiger charge is -2.27. The van der Waals surface area contributed by atoms with Crippen molar-refractivity contribution >= 4 is 23.2 Å². The summed E-state index contributed by atoms with van der Waals surface area (Å²) in [4.78, 5) is 30.5. The molecule has 0 unspecified atom stereocenters. The molecule has 0 aliphatic carbocycles. The van der Waals surface area contributed by atoms with E-state index >= 15 is 0 Å². The zero-order chi connectivity index (χ0) is 17.1. The Morgan fingerprint density at radius 3 is 3.00 bits per heavy atom. The number of hydrogen-bond donors (Lipinski definition) is 0. The lowest BCUT2D eigenvalue weighted by Crippen LogP contribution is -2.37. The minimum Gasteiger partial charge on any atom is -0.461 e. The number of amides is 1. The van der Waals surface area contributed by atoms with Crippen molar-refractivity contribution in [2.45, 2.75) is 26.4 Å². The molecule has 0 bridgehead atoms. The van der Waals surface area contributed by atoms with Crippen LogP contribution in [-0.4, -0.2) is 44.7 Å². The zero-order valence-electron chi connectivity index (χ0n) is 13.4. The summed E-state index contributed by atoms with van der Waals surface area (Å²) in [6.07, 6.45) is 2.36. The van der Waals surface area contributed by atoms with Crippen LogP contribution in [0.5, 0.6) is 0 Å². The molecule has 0 N–H and O–H groups in total. The topological polar surface area (TPSA) is 77.3 Å². The van der Waals surface area contributed by atoms with E-state index in [-0.39, 0.29) is 18.2 Å². The van der Waals surface area contributed by atoms with E-state index in [1.807, 2.05) is 0 Å². The van der Waals surface area contributed by atoms with E-state index in [9.17, 15) is 9.59 Å². The van der Waals surface area contributed by atoms with Crippen LogP contribution in [-0.2, 0) is 24.2 Å². The predicted molar refractivity (Wildman–Crippen MR) is 88.9 cm³/mol. The number of hydrogen-bond acceptors (Lipinski definition) is 6. The van der Waals surface area contributed by atoms with Crippen LogP contribution >= 0.6 is 11.3 Å². The largest absolute Gasteiger partial charge is 0.461 e. The highest BCUT2D eigenvalue weighted by Gasteiger charge is 2.31. The van der Waals surface area contributed by atoms with Gasteiger partial charge in [0.1, 0.15) is 5.69 Å². The maximum absolute atomic E-state index is 12.5. The van der Waals surface area contributed by atoms with Gasteiger partial charge in [0.25, 0.3) is 5.91 Å². The van der Waals surface area contributed by atoms with Gasteiger partial charge in [-0.15, -0.1) is 17.9 Å². The van der Waals surface area contributed by atoms with E-state index in [1.165, 1.54) is 11.3 Å². The first-order chi connectivity index (χ1) is 11.7. The lowest BCUT2D eigenvalue weighted by molar-refractivity contribution is 0.0513. The van der Waals surface area contributed by atoms with Gasteiger partial charge in [0.05, 0.1) is 25.2 Å².